The number of aryl methyl sites for hydroxylation is 1. The van der Waals surface area contributed by atoms with Crippen LogP contribution >= 0.6 is 11.6 Å². The summed E-state index contributed by atoms with van der Waals surface area (Å²) in [5.41, 5.74) is 1.83. The van der Waals surface area contributed by atoms with Gasteiger partial charge in [-0.25, -0.2) is 0 Å². The Morgan fingerprint density at radius 2 is 1.67 bits per heavy atom. The van der Waals surface area contributed by atoms with Crippen molar-refractivity contribution in [1.29, 1.82) is 0 Å². The second-order valence-corrected chi connectivity index (χ2v) is 4.08. The van der Waals surface area contributed by atoms with E-state index in [4.69, 9.17) is 16.3 Å². The van der Waals surface area contributed by atoms with Crippen molar-refractivity contribution in [3.05, 3.63) is 64.7 Å². The molecule has 0 aliphatic carbocycles. The molecule has 2 rings (SSSR count). The van der Waals surface area contributed by atoms with Gasteiger partial charge >= 0.3 is 0 Å². The number of rotatable bonds is 2. The number of ether oxygens (including phenoxy) is 1. The third-order valence-corrected chi connectivity index (χ3v) is 2.57. The quantitative estimate of drug-likeness (QED) is 0.760. The van der Waals surface area contributed by atoms with E-state index in [2.05, 4.69) is 0 Å². The number of carbonyl (C=O) groups is 1. The van der Waals surface area contributed by atoms with Crippen LogP contribution < -0.4 is 4.74 Å². The van der Waals surface area contributed by atoms with Gasteiger partial charge in [0.1, 0.15) is 12.0 Å². The number of methoxy groups -OCH3 is 1. The van der Waals surface area contributed by atoms with Crippen molar-refractivity contribution in [1.82, 2.24) is 0 Å². The molecule has 0 fully saturated rings. The van der Waals surface area contributed by atoms with Gasteiger partial charge < -0.3 is 4.74 Å². The Kier molecular flexibility index (Phi) is 5.95. The SMILES string of the molecule is COc1ccccc1C.O=Cc1ccc(Cl)cc1. The molecule has 0 heterocycles. The van der Waals surface area contributed by atoms with Crippen LogP contribution in [0, 0.1) is 6.92 Å². The van der Waals surface area contributed by atoms with Gasteiger partial charge in [0.05, 0.1) is 7.11 Å². The molecule has 0 unspecified atom stereocenters. The predicted octanol–water partition coefficient (Wildman–Crippen LogP) is 4.16. The van der Waals surface area contributed by atoms with Crippen LogP contribution in [0.2, 0.25) is 5.02 Å². The fourth-order valence-electron chi connectivity index (χ4n) is 1.33. The van der Waals surface area contributed by atoms with Crippen LogP contribution in [0.15, 0.2) is 48.5 Å². The summed E-state index contributed by atoms with van der Waals surface area (Å²) in [7, 11) is 1.68. The Hall–Kier alpha value is -1.80. The summed E-state index contributed by atoms with van der Waals surface area (Å²) in [4.78, 5) is 10.1. The average molecular weight is 263 g/mol. The molecule has 94 valence electrons. The van der Waals surface area contributed by atoms with Gasteiger partial charge in [-0.3, -0.25) is 4.79 Å². The molecule has 0 amide bonds. The molecule has 0 aliphatic heterocycles. The normalized spacial score (nSPS) is 9.06. The van der Waals surface area contributed by atoms with Gasteiger partial charge in [0.15, 0.2) is 0 Å². The lowest BCUT2D eigenvalue weighted by atomic mass is 10.2. The molecular weight excluding hydrogens is 248 g/mol. The summed E-state index contributed by atoms with van der Waals surface area (Å²) in [5, 5.41) is 0.653. The highest BCUT2D eigenvalue weighted by Gasteiger charge is 1.90. The maximum Gasteiger partial charge on any atom is 0.150 e. The summed E-state index contributed by atoms with van der Waals surface area (Å²) in [6.07, 6.45) is 0.788. The average Bonchev–Trinajstić information content (AvgIpc) is 2.41. The van der Waals surface area contributed by atoms with Crippen molar-refractivity contribution >= 4 is 17.9 Å². The highest BCUT2D eigenvalue weighted by atomic mass is 35.5. The monoisotopic (exact) mass is 262 g/mol. The maximum absolute atomic E-state index is 10.1. The minimum Gasteiger partial charge on any atom is -0.496 e. The lowest BCUT2D eigenvalue weighted by Crippen LogP contribution is -1.84. The first kappa shape index (κ1) is 14.3. The molecule has 0 aliphatic rings. The largest absolute Gasteiger partial charge is 0.496 e. The van der Waals surface area contributed by atoms with Gasteiger partial charge in [-0.2, -0.15) is 0 Å². The number of halogens is 1. The summed E-state index contributed by atoms with van der Waals surface area (Å²) in [6, 6.07) is 14.7. The summed E-state index contributed by atoms with van der Waals surface area (Å²) < 4.78 is 5.04. The van der Waals surface area contributed by atoms with Crippen LogP contribution in [-0.4, -0.2) is 13.4 Å². The van der Waals surface area contributed by atoms with Gasteiger partial charge in [0.2, 0.25) is 0 Å². The number of benzene rings is 2. The van der Waals surface area contributed by atoms with Crippen molar-refractivity contribution in [2.45, 2.75) is 6.92 Å². The number of para-hydroxylation sites is 1. The minimum atomic E-state index is 0.652. The zero-order valence-corrected chi connectivity index (χ0v) is 11.1. The van der Waals surface area contributed by atoms with Crippen molar-refractivity contribution in [3.8, 4) is 5.75 Å². The number of hydrogen-bond acceptors (Lipinski definition) is 2. The van der Waals surface area contributed by atoms with Crippen LogP contribution in [-0.2, 0) is 0 Å². The number of aldehydes is 1. The van der Waals surface area contributed by atoms with Crippen LogP contribution in [0.25, 0.3) is 0 Å². The van der Waals surface area contributed by atoms with Gasteiger partial charge in [0.25, 0.3) is 0 Å². The van der Waals surface area contributed by atoms with E-state index >= 15 is 0 Å². The molecule has 2 nitrogen and oxygen atoms in total. The third kappa shape index (κ3) is 4.60. The van der Waals surface area contributed by atoms with Crippen LogP contribution in [0.3, 0.4) is 0 Å². The minimum absolute atomic E-state index is 0.652. The van der Waals surface area contributed by atoms with Gasteiger partial charge in [0, 0.05) is 10.6 Å². The first-order chi connectivity index (χ1) is 8.67. The maximum atomic E-state index is 10.1. The Morgan fingerprint density at radius 1 is 1.06 bits per heavy atom. The van der Waals surface area contributed by atoms with Crippen molar-refractivity contribution in [2.75, 3.05) is 7.11 Å². The third-order valence-electron chi connectivity index (χ3n) is 2.32. The first-order valence-corrected chi connectivity index (χ1v) is 5.85. The standard InChI is InChI=1S/C8H10O.C7H5ClO/c1-7-5-3-4-6-8(7)9-2;8-7-3-1-6(5-9)2-4-7/h3-6H,1-2H3;1-5H. The molecule has 0 bridgehead atoms. The molecule has 0 saturated carbocycles. The van der Waals surface area contributed by atoms with E-state index in [0.717, 1.165) is 12.0 Å². The van der Waals surface area contributed by atoms with Crippen molar-refractivity contribution in [3.63, 3.8) is 0 Å². The Balaban J connectivity index is 0.000000180. The molecule has 0 spiro atoms. The summed E-state index contributed by atoms with van der Waals surface area (Å²) in [6.45, 7) is 2.03. The topological polar surface area (TPSA) is 26.3 Å². The predicted molar refractivity (Wildman–Crippen MR) is 74.6 cm³/mol. The number of carbonyl (C=O) groups excluding carboxylic acids is 1. The van der Waals surface area contributed by atoms with Crippen molar-refractivity contribution < 1.29 is 9.53 Å². The molecule has 0 N–H and O–H groups in total. The van der Waals surface area contributed by atoms with Crippen LogP contribution in [0.5, 0.6) is 5.75 Å². The lowest BCUT2D eigenvalue weighted by molar-refractivity contribution is 0.112. The number of hydrogen-bond donors (Lipinski definition) is 0. The Morgan fingerprint density at radius 3 is 2.11 bits per heavy atom. The van der Waals surface area contributed by atoms with Gasteiger partial charge in [-0.1, -0.05) is 41.9 Å². The summed E-state index contributed by atoms with van der Waals surface area (Å²) >= 11 is 5.55. The lowest BCUT2D eigenvalue weighted by Gasteiger charge is -2.00. The smallest absolute Gasteiger partial charge is 0.150 e. The first-order valence-electron chi connectivity index (χ1n) is 5.47. The van der Waals surface area contributed by atoms with E-state index in [1.54, 1.807) is 31.4 Å². The zero-order chi connectivity index (χ0) is 13.4. The molecular formula is C15H15ClO2. The molecule has 2 aromatic rings. The van der Waals surface area contributed by atoms with E-state index < -0.39 is 0 Å². The van der Waals surface area contributed by atoms with E-state index in [-0.39, 0.29) is 0 Å². The molecule has 3 heteroatoms. The second-order valence-electron chi connectivity index (χ2n) is 3.64. The second kappa shape index (κ2) is 7.51. The molecule has 0 atom stereocenters. The highest BCUT2D eigenvalue weighted by molar-refractivity contribution is 6.30. The fourth-order valence-corrected chi connectivity index (χ4v) is 1.45. The van der Waals surface area contributed by atoms with E-state index in [1.807, 2.05) is 31.2 Å². The fraction of sp³-hybridized carbons (Fsp3) is 0.133. The Bertz CT molecular complexity index is 492. The van der Waals surface area contributed by atoms with Gasteiger partial charge in [-0.15, -0.1) is 0 Å². The van der Waals surface area contributed by atoms with Crippen LogP contribution in [0.1, 0.15) is 15.9 Å². The molecule has 0 radical (unpaired) electrons. The summed E-state index contributed by atoms with van der Waals surface area (Å²) in [5.74, 6) is 0.956. The van der Waals surface area contributed by atoms with Crippen molar-refractivity contribution in [2.24, 2.45) is 0 Å². The molecule has 0 aromatic heterocycles. The molecule has 0 saturated heterocycles. The van der Waals surface area contributed by atoms with Crippen LogP contribution in [0.4, 0.5) is 0 Å². The van der Waals surface area contributed by atoms with E-state index in [0.29, 0.717) is 10.6 Å². The van der Waals surface area contributed by atoms with E-state index in [1.165, 1.54) is 5.56 Å². The van der Waals surface area contributed by atoms with E-state index in [9.17, 15) is 4.79 Å². The molecule has 2 aromatic carbocycles. The zero-order valence-electron chi connectivity index (χ0n) is 10.4. The Labute approximate surface area is 112 Å². The molecule has 18 heavy (non-hydrogen) atoms. The van der Waals surface area contributed by atoms with Gasteiger partial charge in [-0.05, 0) is 30.7 Å². The highest BCUT2D eigenvalue weighted by Crippen LogP contribution is 2.14.